The molecule has 0 spiro atoms. The zero-order valence-electron chi connectivity index (χ0n) is 21.1. The second kappa shape index (κ2) is 11.9. The van der Waals surface area contributed by atoms with Crippen LogP contribution < -0.4 is 14.8 Å². The van der Waals surface area contributed by atoms with Crippen molar-refractivity contribution in [2.24, 2.45) is 0 Å². The van der Waals surface area contributed by atoms with E-state index in [1.165, 1.54) is 0 Å². The van der Waals surface area contributed by atoms with Crippen molar-refractivity contribution in [1.82, 2.24) is 10.2 Å². The summed E-state index contributed by atoms with van der Waals surface area (Å²) in [5, 5.41) is 3.17. The molecule has 0 aliphatic heterocycles. The molecule has 0 unspecified atom stereocenters. The summed E-state index contributed by atoms with van der Waals surface area (Å²) >= 11 is 0. The maximum Gasteiger partial charge on any atom is 0.261 e. The fraction of sp³-hybridized carbons (Fsp3) is 0.500. The van der Waals surface area contributed by atoms with Gasteiger partial charge in [-0.3, -0.25) is 9.59 Å². The number of hydrogen-bond acceptors (Lipinski definition) is 4. The Bertz CT molecular complexity index is 998. The van der Waals surface area contributed by atoms with Gasteiger partial charge < -0.3 is 19.7 Å². The van der Waals surface area contributed by atoms with Gasteiger partial charge in [-0.05, 0) is 80.5 Å². The van der Waals surface area contributed by atoms with Gasteiger partial charge in [-0.2, -0.15) is 0 Å². The summed E-state index contributed by atoms with van der Waals surface area (Å²) in [6, 6.07) is 11.3. The van der Waals surface area contributed by atoms with Gasteiger partial charge in [0, 0.05) is 12.6 Å². The summed E-state index contributed by atoms with van der Waals surface area (Å²) in [4.78, 5) is 28.4. The summed E-state index contributed by atoms with van der Waals surface area (Å²) in [6.07, 6.45) is 4.80. The van der Waals surface area contributed by atoms with Crippen LogP contribution in [0.1, 0.15) is 61.3 Å². The van der Waals surface area contributed by atoms with E-state index >= 15 is 0 Å². The molecule has 1 aliphatic carbocycles. The van der Waals surface area contributed by atoms with Gasteiger partial charge in [-0.1, -0.05) is 38.0 Å². The van der Waals surface area contributed by atoms with Crippen molar-refractivity contribution in [3.05, 3.63) is 58.7 Å². The Morgan fingerprint density at radius 3 is 2.53 bits per heavy atom. The van der Waals surface area contributed by atoms with E-state index in [0.29, 0.717) is 18.7 Å². The van der Waals surface area contributed by atoms with Crippen molar-refractivity contribution in [2.45, 2.75) is 78.4 Å². The zero-order valence-corrected chi connectivity index (χ0v) is 21.1. The fourth-order valence-electron chi connectivity index (χ4n) is 4.63. The number of aryl methyl sites for hydroxylation is 2. The summed E-state index contributed by atoms with van der Waals surface area (Å²) in [7, 11) is 1.62. The molecule has 1 N–H and O–H groups in total. The van der Waals surface area contributed by atoms with E-state index in [1.54, 1.807) is 12.0 Å². The van der Waals surface area contributed by atoms with Crippen LogP contribution in [0.15, 0.2) is 36.4 Å². The minimum Gasteiger partial charge on any atom is -0.497 e. The lowest BCUT2D eigenvalue weighted by Gasteiger charge is -2.31. The van der Waals surface area contributed by atoms with E-state index in [1.807, 2.05) is 58.0 Å². The first-order valence-corrected chi connectivity index (χ1v) is 12.3. The van der Waals surface area contributed by atoms with Crippen LogP contribution in [0.4, 0.5) is 0 Å². The van der Waals surface area contributed by atoms with Gasteiger partial charge in [0.05, 0.1) is 7.11 Å². The van der Waals surface area contributed by atoms with Crippen molar-refractivity contribution in [1.29, 1.82) is 0 Å². The van der Waals surface area contributed by atoms with Gasteiger partial charge in [0.1, 0.15) is 17.5 Å². The molecule has 0 aromatic heterocycles. The van der Waals surface area contributed by atoms with Crippen molar-refractivity contribution in [3.8, 4) is 11.5 Å². The lowest BCUT2D eigenvalue weighted by molar-refractivity contribution is -0.143. The Labute approximate surface area is 203 Å². The monoisotopic (exact) mass is 466 g/mol. The van der Waals surface area contributed by atoms with Gasteiger partial charge >= 0.3 is 0 Å². The standard InChI is InChI=1S/C28H38N2O4/c1-6-25(28(32)29-23-11-7-8-12-23)30(17-22-10-9-13-24(16-22)33-5)27(31)18-34-26-15-19(2)14-20(3)21(26)4/h9-10,13-16,23,25H,6-8,11-12,17-18H2,1-5H3,(H,29,32)/t25-/m1/s1. The third-order valence-electron chi connectivity index (χ3n) is 6.69. The third-order valence-corrected chi connectivity index (χ3v) is 6.69. The first kappa shape index (κ1) is 25.6. The highest BCUT2D eigenvalue weighted by molar-refractivity contribution is 5.88. The molecule has 34 heavy (non-hydrogen) atoms. The van der Waals surface area contributed by atoms with Crippen LogP contribution in [0.3, 0.4) is 0 Å². The van der Waals surface area contributed by atoms with E-state index in [2.05, 4.69) is 11.4 Å². The van der Waals surface area contributed by atoms with Crippen LogP contribution in [-0.4, -0.2) is 42.5 Å². The summed E-state index contributed by atoms with van der Waals surface area (Å²) < 4.78 is 11.3. The van der Waals surface area contributed by atoms with E-state index < -0.39 is 6.04 Å². The van der Waals surface area contributed by atoms with Crippen LogP contribution in [0.2, 0.25) is 0 Å². The summed E-state index contributed by atoms with van der Waals surface area (Å²) in [6.45, 7) is 8.16. The molecule has 1 fully saturated rings. The molecule has 2 aromatic carbocycles. The van der Waals surface area contributed by atoms with Crippen molar-refractivity contribution in [2.75, 3.05) is 13.7 Å². The Morgan fingerprint density at radius 2 is 1.85 bits per heavy atom. The molecule has 0 saturated heterocycles. The number of ether oxygens (including phenoxy) is 2. The number of carbonyl (C=O) groups excluding carboxylic acids is 2. The topological polar surface area (TPSA) is 67.9 Å². The molecule has 3 rings (SSSR count). The average Bonchev–Trinajstić information content (AvgIpc) is 3.33. The van der Waals surface area contributed by atoms with E-state index in [4.69, 9.17) is 9.47 Å². The van der Waals surface area contributed by atoms with Crippen LogP contribution in [0, 0.1) is 20.8 Å². The lowest BCUT2D eigenvalue weighted by atomic mass is 10.1. The predicted octanol–water partition coefficient (Wildman–Crippen LogP) is 4.87. The summed E-state index contributed by atoms with van der Waals surface area (Å²) in [5.74, 6) is 1.12. The number of nitrogens with zero attached hydrogens (tertiary/aromatic N) is 1. The lowest BCUT2D eigenvalue weighted by Crippen LogP contribution is -2.52. The number of benzene rings is 2. The minimum atomic E-state index is -0.566. The number of rotatable bonds is 10. The molecule has 1 atom stereocenters. The molecule has 2 amide bonds. The average molecular weight is 467 g/mol. The van der Waals surface area contributed by atoms with Crippen LogP contribution in [-0.2, 0) is 16.1 Å². The second-order valence-electron chi connectivity index (χ2n) is 9.28. The van der Waals surface area contributed by atoms with Crippen molar-refractivity contribution >= 4 is 11.8 Å². The Morgan fingerprint density at radius 1 is 1.12 bits per heavy atom. The summed E-state index contributed by atoms with van der Waals surface area (Å²) in [5.41, 5.74) is 4.13. The van der Waals surface area contributed by atoms with Gasteiger partial charge in [0.15, 0.2) is 6.61 Å². The molecule has 184 valence electrons. The number of amides is 2. The zero-order chi connectivity index (χ0) is 24.7. The highest BCUT2D eigenvalue weighted by atomic mass is 16.5. The molecule has 6 heteroatoms. The molecular formula is C28H38N2O4. The van der Waals surface area contributed by atoms with Gasteiger partial charge in [-0.15, -0.1) is 0 Å². The molecule has 1 aliphatic rings. The second-order valence-corrected chi connectivity index (χ2v) is 9.28. The highest BCUT2D eigenvalue weighted by Crippen LogP contribution is 2.24. The Hall–Kier alpha value is -3.02. The minimum absolute atomic E-state index is 0.0896. The highest BCUT2D eigenvalue weighted by Gasteiger charge is 2.31. The molecule has 6 nitrogen and oxygen atoms in total. The molecular weight excluding hydrogens is 428 g/mol. The van der Waals surface area contributed by atoms with Crippen molar-refractivity contribution in [3.63, 3.8) is 0 Å². The maximum atomic E-state index is 13.5. The van der Waals surface area contributed by atoms with Gasteiger partial charge in [-0.25, -0.2) is 0 Å². The van der Waals surface area contributed by atoms with Gasteiger partial charge in [0.2, 0.25) is 5.91 Å². The van der Waals surface area contributed by atoms with E-state index in [9.17, 15) is 9.59 Å². The normalized spacial score (nSPS) is 14.5. The number of methoxy groups -OCH3 is 1. The maximum absolute atomic E-state index is 13.5. The van der Waals surface area contributed by atoms with E-state index in [-0.39, 0.29) is 24.5 Å². The van der Waals surface area contributed by atoms with E-state index in [0.717, 1.165) is 53.7 Å². The third kappa shape index (κ3) is 6.52. The first-order valence-electron chi connectivity index (χ1n) is 12.3. The molecule has 0 bridgehead atoms. The van der Waals surface area contributed by atoms with Crippen LogP contribution in [0.5, 0.6) is 11.5 Å². The Balaban J connectivity index is 1.81. The number of carbonyl (C=O) groups is 2. The predicted molar refractivity (Wildman–Crippen MR) is 134 cm³/mol. The van der Waals surface area contributed by atoms with Crippen molar-refractivity contribution < 1.29 is 19.1 Å². The van der Waals surface area contributed by atoms with Gasteiger partial charge in [0.25, 0.3) is 5.91 Å². The quantitative estimate of drug-likeness (QED) is 0.543. The smallest absolute Gasteiger partial charge is 0.261 e. The van der Waals surface area contributed by atoms with Crippen LogP contribution >= 0.6 is 0 Å². The molecule has 1 saturated carbocycles. The fourth-order valence-corrected chi connectivity index (χ4v) is 4.63. The first-order chi connectivity index (χ1) is 16.3. The molecule has 0 heterocycles. The SMILES string of the molecule is CC[C@H](C(=O)NC1CCCC1)N(Cc1cccc(OC)c1)C(=O)COc1cc(C)cc(C)c1C. The Kier molecular flexibility index (Phi) is 8.97. The number of hydrogen-bond donors (Lipinski definition) is 1. The molecule has 2 aromatic rings. The molecule has 0 radical (unpaired) electrons. The largest absolute Gasteiger partial charge is 0.497 e. The number of nitrogens with one attached hydrogen (secondary N) is 1. The van der Waals surface area contributed by atoms with Crippen LogP contribution in [0.25, 0.3) is 0 Å².